The lowest BCUT2D eigenvalue weighted by atomic mass is 9.46. The van der Waals surface area contributed by atoms with Gasteiger partial charge in [0.25, 0.3) is 0 Å². The van der Waals surface area contributed by atoms with Crippen LogP contribution >= 0.6 is 0 Å². The SMILES string of the molecule is CC(=O)C12c3ccccc3C(c3ccccc31)[C@@H]1C(=O)N(c3cccc(C(=O)O)c3)C(=O)[C@@H]12. The molecular formula is C27H19NO5. The normalized spacial score (nSPS) is 26.6. The fourth-order valence-corrected chi connectivity index (χ4v) is 6.40. The highest BCUT2D eigenvalue weighted by molar-refractivity contribution is 6.25. The first-order valence-electron chi connectivity index (χ1n) is 10.8. The largest absolute Gasteiger partial charge is 0.478 e. The molecule has 1 heterocycles. The van der Waals surface area contributed by atoms with Gasteiger partial charge in [0.05, 0.1) is 28.5 Å². The van der Waals surface area contributed by atoms with Crippen LogP contribution in [0.1, 0.15) is 45.5 Å². The van der Waals surface area contributed by atoms with E-state index in [-0.39, 0.29) is 23.0 Å². The Morgan fingerprint density at radius 3 is 2.03 bits per heavy atom. The summed E-state index contributed by atoms with van der Waals surface area (Å²) in [5.41, 5.74) is 2.29. The number of amides is 2. The van der Waals surface area contributed by atoms with Gasteiger partial charge < -0.3 is 5.11 Å². The molecule has 0 saturated carbocycles. The molecule has 1 aliphatic heterocycles. The molecule has 162 valence electrons. The Morgan fingerprint density at radius 1 is 0.848 bits per heavy atom. The van der Waals surface area contributed by atoms with E-state index in [0.29, 0.717) is 0 Å². The van der Waals surface area contributed by atoms with Gasteiger partial charge in [-0.05, 0) is 47.4 Å². The van der Waals surface area contributed by atoms with Crippen LogP contribution < -0.4 is 4.90 Å². The molecule has 1 saturated heterocycles. The number of aromatic carboxylic acids is 1. The van der Waals surface area contributed by atoms with Crippen LogP contribution in [0.4, 0.5) is 5.69 Å². The lowest BCUT2D eigenvalue weighted by Crippen LogP contribution is -2.57. The highest BCUT2D eigenvalue weighted by Gasteiger charge is 2.69. The number of carbonyl (C=O) groups is 4. The molecule has 3 aromatic rings. The van der Waals surface area contributed by atoms with Gasteiger partial charge in [-0.1, -0.05) is 54.6 Å². The number of carbonyl (C=O) groups excluding carboxylic acids is 3. The average Bonchev–Trinajstić information content (AvgIpc) is 3.09. The number of benzene rings is 3. The number of imide groups is 1. The van der Waals surface area contributed by atoms with Crippen molar-refractivity contribution in [2.24, 2.45) is 11.8 Å². The number of hydrogen-bond donors (Lipinski definition) is 1. The smallest absolute Gasteiger partial charge is 0.335 e. The van der Waals surface area contributed by atoms with Crippen molar-refractivity contribution >= 4 is 29.3 Å². The quantitative estimate of drug-likeness (QED) is 0.633. The van der Waals surface area contributed by atoms with Crippen LogP contribution in [0.3, 0.4) is 0 Å². The van der Waals surface area contributed by atoms with Crippen LogP contribution in [0.15, 0.2) is 72.8 Å². The third-order valence-corrected chi connectivity index (χ3v) is 7.52. The van der Waals surface area contributed by atoms with Crippen molar-refractivity contribution in [1.29, 1.82) is 0 Å². The Hall–Kier alpha value is -4.06. The lowest BCUT2D eigenvalue weighted by molar-refractivity contribution is -0.132. The first-order valence-corrected chi connectivity index (χ1v) is 10.8. The van der Waals surface area contributed by atoms with Gasteiger partial charge in [-0.25, -0.2) is 9.69 Å². The number of anilines is 1. The zero-order valence-electron chi connectivity index (χ0n) is 17.7. The van der Waals surface area contributed by atoms with E-state index >= 15 is 0 Å². The van der Waals surface area contributed by atoms with Crippen LogP contribution in [-0.2, 0) is 19.8 Å². The fourth-order valence-electron chi connectivity index (χ4n) is 6.40. The van der Waals surface area contributed by atoms with E-state index in [9.17, 15) is 24.3 Å². The molecule has 3 aromatic carbocycles. The van der Waals surface area contributed by atoms with Gasteiger partial charge in [0, 0.05) is 5.92 Å². The van der Waals surface area contributed by atoms with Crippen molar-refractivity contribution in [3.63, 3.8) is 0 Å². The third kappa shape index (κ3) is 2.22. The minimum atomic E-state index is -1.27. The van der Waals surface area contributed by atoms with E-state index in [2.05, 4.69) is 0 Å². The maximum atomic E-state index is 14.0. The molecule has 2 bridgehead atoms. The van der Waals surface area contributed by atoms with Crippen molar-refractivity contribution in [2.75, 3.05) is 4.90 Å². The first kappa shape index (κ1) is 19.6. The van der Waals surface area contributed by atoms with Crippen molar-refractivity contribution < 1.29 is 24.3 Å². The molecule has 3 aliphatic carbocycles. The lowest BCUT2D eigenvalue weighted by Gasteiger charge is -2.52. The highest BCUT2D eigenvalue weighted by atomic mass is 16.4. The summed E-state index contributed by atoms with van der Waals surface area (Å²) in [5.74, 6) is -4.16. The van der Waals surface area contributed by atoms with Gasteiger partial charge in [-0.15, -0.1) is 0 Å². The topological polar surface area (TPSA) is 91.8 Å². The molecule has 2 atom stereocenters. The van der Waals surface area contributed by atoms with E-state index in [4.69, 9.17) is 0 Å². The van der Waals surface area contributed by atoms with Crippen molar-refractivity contribution in [1.82, 2.24) is 0 Å². The Balaban J connectivity index is 1.64. The van der Waals surface area contributed by atoms with Gasteiger partial charge in [0.1, 0.15) is 5.78 Å². The van der Waals surface area contributed by atoms with E-state index in [0.717, 1.165) is 27.2 Å². The maximum Gasteiger partial charge on any atom is 0.335 e. The number of Topliss-reactive ketones (excluding diaryl/α,β-unsaturated/α-hetero) is 1. The summed E-state index contributed by atoms with van der Waals surface area (Å²) >= 11 is 0. The summed E-state index contributed by atoms with van der Waals surface area (Å²) in [6.07, 6.45) is 0. The number of nitrogens with zero attached hydrogens (tertiary/aromatic N) is 1. The van der Waals surface area contributed by atoms with Gasteiger partial charge in [0.15, 0.2) is 0 Å². The third-order valence-electron chi connectivity index (χ3n) is 7.52. The second kappa shape index (κ2) is 6.48. The molecule has 1 N–H and O–H groups in total. The predicted molar refractivity (Wildman–Crippen MR) is 119 cm³/mol. The van der Waals surface area contributed by atoms with Crippen LogP contribution in [-0.4, -0.2) is 28.7 Å². The second-order valence-corrected chi connectivity index (χ2v) is 8.89. The van der Waals surface area contributed by atoms with E-state index in [1.165, 1.54) is 25.1 Å². The Kier molecular flexibility index (Phi) is 3.85. The molecule has 0 unspecified atom stereocenters. The Labute approximate surface area is 189 Å². The summed E-state index contributed by atoms with van der Waals surface area (Å²) in [6, 6.07) is 21.0. The number of rotatable bonds is 3. The van der Waals surface area contributed by atoms with Gasteiger partial charge in [-0.3, -0.25) is 14.4 Å². The van der Waals surface area contributed by atoms with Crippen molar-refractivity contribution in [3.05, 3.63) is 101 Å². The molecule has 0 aromatic heterocycles. The molecule has 4 aliphatic rings. The zero-order chi connectivity index (χ0) is 23.1. The molecule has 0 radical (unpaired) electrons. The van der Waals surface area contributed by atoms with Gasteiger partial charge in [-0.2, -0.15) is 0 Å². The highest BCUT2D eigenvalue weighted by Crippen LogP contribution is 2.64. The molecule has 0 spiro atoms. The van der Waals surface area contributed by atoms with Crippen LogP contribution in [0.2, 0.25) is 0 Å². The zero-order valence-corrected chi connectivity index (χ0v) is 17.7. The molecule has 6 heteroatoms. The number of hydrogen-bond acceptors (Lipinski definition) is 4. The van der Waals surface area contributed by atoms with Crippen molar-refractivity contribution in [3.8, 4) is 0 Å². The number of ketones is 1. The molecule has 2 amide bonds. The summed E-state index contributed by atoms with van der Waals surface area (Å²) in [4.78, 5) is 53.9. The second-order valence-electron chi connectivity index (χ2n) is 8.89. The van der Waals surface area contributed by atoms with E-state index < -0.39 is 35.0 Å². The molecular weight excluding hydrogens is 418 g/mol. The van der Waals surface area contributed by atoms with Crippen LogP contribution in [0.25, 0.3) is 0 Å². The maximum absolute atomic E-state index is 14.0. The minimum absolute atomic E-state index is 0.0150. The summed E-state index contributed by atoms with van der Waals surface area (Å²) < 4.78 is 0. The molecule has 7 rings (SSSR count). The number of carboxylic acid groups (broad SMARTS) is 1. The first-order chi connectivity index (χ1) is 15.9. The minimum Gasteiger partial charge on any atom is -0.478 e. The Morgan fingerprint density at radius 2 is 1.45 bits per heavy atom. The molecule has 1 fully saturated rings. The van der Waals surface area contributed by atoms with Crippen LogP contribution in [0, 0.1) is 11.8 Å². The predicted octanol–water partition coefficient (Wildman–Crippen LogP) is 3.52. The monoisotopic (exact) mass is 437 g/mol. The summed E-state index contributed by atoms with van der Waals surface area (Å²) in [6.45, 7) is 1.49. The Bertz CT molecular complexity index is 1360. The molecule has 6 nitrogen and oxygen atoms in total. The van der Waals surface area contributed by atoms with E-state index in [1.54, 1.807) is 6.07 Å². The average molecular weight is 437 g/mol. The summed E-state index contributed by atoms with van der Waals surface area (Å²) in [7, 11) is 0. The van der Waals surface area contributed by atoms with Crippen molar-refractivity contribution in [2.45, 2.75) is 18.3 Å². The summed E-state index contributed by atoms with van der Waals surface area (Å²) in [5, 5.41) is 9.40. The van der Waals surface area contributed by atoms with E-state index in [1.807, 2.05) is 48.5 Å². The van der Waals surface area contributed by atoms with Gasteiger partial charge in [0.2, 0.25) is 11.8 Å². The standard InChI is InChI=1S/C27H19NO5/c1-14(29)27-19-11-4-2-9-17(19)21(18-10-3-5-12-20(18)27)22-23(27)25(31)28(24(22)30)16-8-6-7-15(13-16)26(32)33/h2-13,21-23H,1H3,(H,32,33)/t21?,22-,23+,27?/m0/s1. The number of carboxylic acids is 1. The fraction of sp³-hybridized carbons (Fsp3) is 0.185. The van der Waals surface area contributed by atoms with Gasteiger partial charge >= 0.3 is 5.97 Å². The molecule has 33 heavy (non-hydrogen) atoms. The van der Waals surface area contributed by atoms with Crippen LogP contribution in [0.5, 0.6) is 0 Å².